The number of benzene rings is 2. The van der Waals surface area contributed by atoms with Gasteiger partial charge >= 0.3 is 6.03 Å². The molecule has 0 radical (unpaired) electrons. The van der Waals surface area contributed by atoms with Gasteiger partial charge in [0.25, 0.3) is 0 Å². The minimum Gasteiger partial charge on any atom is -0.396 e. The van der Waals surface area contributed by atoms with Crippen molar-refractivity contribution in [1.29, 1.82) is 0 Å². The molecule has 3 rings (SSSR count). The van der Waals surface area contributed by atoms with Gasteiger partial charge in [-0.25, -0.2) is 14.2 Å². The van der Waals surface area contributed by atoms with Gasteiger partial charge in [-0.1, -0.05) is 17.4 Å². The van der Waals surface area contributed by atoms with Gasteiger partial charge in [0.1, 0.15) is 5.82 Å². The van der Waals surface area contributed by atoms with Crippen LogP contribution >= 0.6 is 11.3 Å². The third-order valence-electron chi connectivity index (χ3n) is 3.40. The van der Waals surface area contributed by atoms with E-state index in [1.807, 2.05) is 18.2 Å². The van der Waals surface area contributed by atoms with Crippen LogP contribution in [0.15, 0.2) is 42.5 Å². The molecular formula is C17H16FN3O2S. The molecule has 24 heavy (non-hydrogen) atoms. The van der Waals surface area contributed by atoms with Crippen molar-refractivity contribution in [3.63, 3.8) is 0 Å². The summed E-state index contributed by atoms with van der Waals surface area (Å²) in [6, 6.07) is 11.0. The predicted molar refractivity (Wildman–Crippen MR) is 94.1 cm³/mol. The van der Waals surface area contributed by atoms with E-state index in [4.69, 9.17) is 5.11 Å². The SMILES string of the molecule is O=C(Nc1ccc(F)cc1)Nc1nc2ccc(CCCO)cc2s1. The third-order valence-corrected chi connectivity index (χ3v) is 4.33. The minimum absolute atomic E-state index is 0.164. The molecule has 5 nitrogen and oxygen atoms in total. The van der Waals surface area contributed by atoms with Crippen molar-refractivity contribution >= 4 is 38.4 Å². The number of urea groups is 1. The Balaban J connectivity index is 1.68. The zero-order valence-corrected chi connectivity index (χ0v) is 13.6. The van der Waals surface area contributed by atoms with E-state index in [0.29, 0.717) is 10.8 Å². The molecule has 3 N–H and O–H groups in total. The Morgan fingerprint density at radius 2 is 1.96 bits per heavy atom. The first-order chi connectivity index (χ1) is 11.6. The van der Waals surface area contributed by atoms with Crippen molar-refractivity contribution < 1.29 is 14.3 Å². The number of aromatic nitrogens is 1. The second-order valence-electron chi connectivity index (χ2n) is 5.23. The first-order valence-corrected chi connectivity index (χ1v) is 8.29. The van der Waals surface area contributed by atoms with Crippen LogP contribution in [0.1, 0.15) is 12.0 Å². The number of rotatable bonds is 5. The molecule has 1 aromatic heterocycles. The number of aryl methyl sites for hydroxylation is 1. The molecule has 0 aliphatic rings. The standard InChI is InChI=1S/C17H16FN3O2S/c18-12-4-6-13(7-5-12)19-16(23)21-17-20-14-8-3-11(2-1-9-22)10-15(14)24-17/h3-8,10,22H,1-2,9H2,(H2,19,20,21,23). The number of aliphatic hydroxyl groups excluding tert-OH is 1. The van der Waals surface area contributed by atoms with Gasteiger partial charge in [-0.05, 0) is 54.8 Å². The van der Waals surface area contributed by atoms with E-state index in [2.05, 4.69) is 15.6 Å². The van der Waals surface area contributed by atoms with Crippen molar-refractivity contribution in [1.82, 2.24) is 4.98 Å². The van der Waals surface area contributed by atoms with Gasteiger partial charge in [-0.2, -0.15) is 0 Å². The average molecular weight is 345 g/mol. The van der Waals surface area contributed by atoms with Gasteiger partial charge in [0.15, 0.2) is 5.13 Å². The predicted octanol–water partition coefficient (Wildman–Crippen LogP) is 4.00. The highest BCUT2D eigenvalue weighted by atomic mass is 32.1. The lowest BCUT2D eigenvalue weighted by molar-refractivity contribution is 0.262. The summed E-state index contributed by atoms with van der Waals surface area (Å²) in [6.07, 6.45) is 1.52. The number of amides is 2. The first-order valence-electron chi connectivity index (χ1n) is 7.48. The van der Waals surface area contributed by atoms with Crippen molar-refractivity contribution in [2.75, 3.05) is 17.2 Å². The number of thiazole rings is 1. The molecule has 7 heteroatoms. The van der Waals surface area contributed by atoms with E-state index in [0.717, 1.165) is 28.6 Å². The topological polar surface area (TPSA) is 74.2 Å². The van der Waals surface area contributed by atoms with Crippen LogP contribution in [0.2, 0.25) is 0 Å². The molecule has 0 aliphatic carbocycles. The Labute approximate surface area is 142 Å². The summed E-state index contributed by atoms with van der Waals surface area (Å²) in [5.74, 6) is -0.357. The smallest absolute Gasteiger partial charge is 0.325 e. The van der Waals surface area contributed by atoms with Gasteiger partial charge < -0.3 is 10.4 Å². The Morgan fingerprint density at radius 1 is 1.17 bits per heavy atom. The van der Waals surface area contributed by atoms with E-state index in [9.17, 15) is 9.18 Å². The Kier molecular flexibility index (Phi) is 5.02. The number of hydrogen-bond donors (Lipinski definition) is 3. The lowest BCUT2D eigenvalue weighted by Gasteiger charge is -2.04. The van der Waals surface area contributed by atoms with Crippen LogP contribution in [0.3, 0.4) is 0 Å². The minimum atomic E-state index is -0.429. The number of anilines is 2. The number of halogens is 1. The number of fused-ring (bicyclic) bond motifs is 1. The van der Waals surface area contributed by atoms with Crippen LogP contribution < -0.4 is 10.6 Å². The summed E-state index contributed by atoms with van der Waals surface area (Å²) in [5, 5.41) is 14.7. The molecule has 0 aliphatic heterocycles. The molecule has 0 atom stereocenters. The maximum Gasteiger partial charge on any atom is 0.325 e. The first kappa shape index (κ1) is 16.4. The molecule has 0 saturated heterocycles. The molecule has 1 heterocycles. The summed E-state index contributed by atoms with van der Waals surface area (Å²) in [7, 11) is 0. The van der Waals surface area contributed by atoms with E-state index < -0.39 is 6.03 Å². The van der Waals surface area contributed by atoms with Crippen LogP contribution in [-0.4, -0.2) is 22.7 Å². The molecule has 2 aromatic carbocycles. The van der Waals surface area contributed by atoms with E-state index >= 15 is 0 Å². The summed E-state index contributed by atoms with van der Waals surface area (Å²) < 4.78 is 13.8. The number of nitrogens with zero attached hydrogens (tertiary/aromatic N) is 1. The van der Waals surface area contributed by atoms with E-state index in [1.54, 1.807) is 0 Å². The fourth-order valence-corrected chi connectivity index (χ4v) is 3.18. The highest BCUT2D eigenvalue weighted by Crippen LogP contribution is 2.27. The van der Waals surface area contributed by atoms with Crippen LogP contribution in [0.5, 0.6) is 0 Å². The highest BCUT2D eigenvalue weighted by Gasteiger charge is 2.09. The molecule has 2 amide bonds. The Bertz CT molecular complexity index is 849. The van der Waals surface area contributed by atoms with E-state index in [-0.39, 0.29) is 12.4 Å². The van der Waals surface area contributed by atoms with Crippen LogP contribution in [0.4, 0.5) is 20.0 Å². The van der Waals surface area contributed by atoms with Crippen molar-refractivity contribution in [2.45, 2.75) is 12.8 Å². The lowest BCUT2D eigenvalue weighted by Crippen LogP contribution is -2.19. The van der Waals surface area contributed by atoms with Crippen LogP contribution in [0, 0.1) is 5.82 Å². The molecule has 0 fully saturated rings. The fraction of sp³-hybridized carbons (Fsp3) is 0.176. The van der Waals surface area contributed by atoms with Gasteiger partial charge in [-0.15, -0.1) is 0 Å². The molecule has 0 spiro atoms. The van der Waals surface area contributed by atoms with Crippen molar-refractivity contribution in [3.05, 3.63) is 53.8 Å². The summed E-state index contributed by atoms with van der Waals surface area (Å²) in [4.78, 5) is 16.3. The second kappa shape index (κ2) is 7.37. The third kappa shape index (κ3) is 4.06. The van der Waals surface area contributed by atoms with Gasteiger partial charge in [0.05, 0.1) is 10.2 Å². The summed E-state index contributed by atoms with van der Waals surface area (Å²) >= 11 is 1.38. The molecule has 0 bridgehead atoms. The number of nitrogens with one attached hydrogen (secondary N) is 2. The number of carbonyl (C=O) groups is 1. The Hall–Kier alpha value is -2.51. The summed E-state index contributed by atoms with van der Waals surface area (Å²) in [6.45, 7) is 0.164. The normalized spacial score (nSPS) is 10.8. The highest BCUT2D eigenvalue weighted by molar-refractivity contribution is 7.22. The summed E-state index contributed by atoms with van der Waals surface area (Å²) in [5.41, 5.74) is 2.44. The van der Waals surface area contributed by atoms with E-state index in [1.165, 1.54) is 35.6 Å². The maximum atomic E-state index is 12.8. The molecule has 124 valence electrons. The zero-order chi connectivity index (χ0) is 16.9. The second-order valence-corrected chi connectivity index (χ2v) is 6.26. The van der Waals surface area contributed by atoms with Crippen LogP contribution in [0.25, 0.3) is 10.2 Å². The lowest BCUT2D eigenvalue weighted by atomic mass is 10.1. The molecule has 0 saturated carbocycles. The zero-order valence-electron chi connectivity index (χ0n) is 12.8. The fourth-order valence-electron chi connectivity index (χ4n) is 2.25. The van der Waals surface area contributed by atoms with Crippen molar-refractivity contribution in [3.8, 4) is 0 Å². The van der Waals surface area contributed by atoms with Crippen molar-refractivity contribution in [2.24, 2.45) is 0 Å². The largest absolute Gasteiger partial charge is 0.396 e. The quantitative estimate of drug-likeness (QED) is 0.654. The van der Waals surface area contributed by atoms with Crippen LogP contribution in [-0.2, 0) is 6.42 Å². The number of aliphatic hydroxyl groups is 1. The van der Waals surface area contributed by atoms with Gasteiger partial charge in [0, 0.05) is 12.3 Å². The monoisotopic (exact) mass is 345 g/mol. The van der Waals surface area contributed by atoms with Gasteiger partial charge in [-0.3, -0.25) is 5.32 Å². The number of carbonyl (C=O) groups excluding carboxylic acids is 1. The molecule has 0 unspecified atom stereocenters. The average Bonchev–Trinajstić information content (AvgIpc) is 2.96. The number of hydrogen-bond acceptors (Lipinski definition) is 4. The maximum absolute atomic E-state index is 12.8. The molecular weight excluding hydrogens is 329 g/mol. The van der Waals surface area contributed by atoms with Gasteiger partial charge in [0.2, 0.25) is 0 Å². The Morgan fingerprint density at radius 3 is 2.71 bits per heavy atom. The molecule has 3 aromatic rings.